The number of likely N-dealkylation sites (N-methyl/N-ethyl adjacent to an activating group) is 1. The molecule has 1 rings (SSSR count). The number of carboxylic acid groups (broad SMARTS) is 1. The number of hydrogen-bond donors (Lipinski definition) is 2. The summed E-state index contributed by atoms with van der Waals surface area (Å²) in [6, 6.07) is -0.249. The highest BCUT2D eigenvalue weighted by Crippen LogP contribution is 2.36. The first-order chi connectivity index (χ1) is 7.86. The lowest BCUT2D eigenvalue weighted by Gasteiger charge is -2.38. The van der Waals surface area contributed by atoms with Crippen molar-refractivity contribution in [2.24, 2.45) is 5.41 Å². The summed E-state index contributed by atoms with van der Waals surface area (Å²) >= 11 is 0. The van der Waals surface area contributed by atoms with Crippen molar-refractivity contribution in [2.75, 3.05) is 20.6 Å². The van der Waals surface area contributed by atoms with Gasteiger partial charge in [0.1, 0.15) is 0 Å². The molecule has 0 aromatic carbocycles. The minimum Gasteiger partial charge on any atom is -0.481 e. The molecule has 0 aliphatic heterocycles. The average Bonchev–Trinajstić information content (AvgIpc) is 2.20. The van der Waals surface area contributed by atoms with Gasteiger partial charge in [-0.1, -0.05) is 12.8 Å². The summed E-state index contributed by atoms with van der Waals surface area (Å²) < 4.78 is 0. The van der Waals surface area contributed by atoms with Crippen molar-refractivity contribution in [3.63, 3.8) is 0 Å². The lowest BCUT2D eigenvalue weighted by atomic mass is 9.71. The van der Waals surface area contributed by atoms with Gasteiger partial charge in [0.2, 0.25) is 5.91 Å². The number of carbonyl (C=O) groups excluding carboxylic acids is 1. The molecule has 5 heteroatoms. The molecule has 98 valence electrons. The molecule has 1 amide bonds. The summed E-state index contributed by atoms with van der Waals surface area (Å²) in [6.07, 6.45) is 3.29. The molecule has 0 spiro atoms. The van der Waals surface area contributed by atoms with Crippen LogP contribution < -0.4 is 5.32 Å². The predicted octanol–water partition coefficient (Wildman–Crippen LogP) is 0.698. The van der Waals surface area contributed by atoms with E-state index in [1.165, 1.54) is 0 Å². The van der Waals surface area contributed by atoms with Crippen LogP contribution >= 0.6 is 0 Å². The highest BCUT2D eigenvalue weighted by atomic mass is 16.4. The molecule has 5 nitrogen and oxygen atoms in total. The molecule has 1 aliphatic rings. The zero-order valence-electron chi connectivity index (χ0n) is 10.8. The van der Waals surface area contributed by atoms with E-state index in [2.05, 4.69) is 5.32 Å². The summed E-state index contributed by atoms with van der Waals surface area (Å²) in [6.45, 7) is 2.03. The van der Waals surface area contributed by atoms with Crippen LogP contribution in [0.5, 0.6) is 0 Å². The second-order valence-corrected chi connectivity index (χ2v) is 5.33. The fourth-order valence-electron chi connectivity index (χ4n) is 2.35. The zero-order valence-corrected chi connectivity index (χ0v) is 10.8. The third-order valence-electron chi connectivity index (χ3n) is 3.49. The van der Waals surface area contributed by atoms with Crippen LogP contribution in [-0.2, 0) is 9.59 Å². The van der Waals surface area contributed by atoms with Gasteiger partial charge >= 0.3 is 5.97 Å². The molecule has 2 N–H and O–H groups in total. The van der Waals surface area contributed by atoms with Crippen LogP contribution in [0.4, 0.5) is 0 Å². The van der Waals surface area contributed by atoms with Crippen LogP contribution in [0.2, 0.25) is 0 Å². The number of hydrogen-bond acceptors (Lipinski definition) is 3. The number of aliphatic carboxylic acids is 1. The molecule has 2 atom stereocenters. The van der Waals surface area contributed by atoms with Gasteiger partial charge in [0.15, 0.2) is 0 Å². The van der Waals surface area contributed by atoms with E-state index in [1.807, 2.05) is 14.1 Å². The van der Waals surface area contributed by atoms with Gasteiger partial charge in [-0.05, 0) is 33.9 Å². The van der Waals surface area contributed by atoms with Crippen molar-refractivity contribution in [3.8, 4) is 0 Å². The Morgan fingerprint density at radius 1 is 1.41 bits per heavy atom. The molecule has 1 aliphatic carbocycles. The van der Waals surface area contributed by atoms with Crippen molar-refractivity contribution in [1.29, 1.82) is 0 Å². The maximum Gasteiger partial charge on any atom is 0.311 e. The maximum atomic E-state index is 11.7. The number of rotatable bonds is 4. The summed E-state index contributed by atoms with van der Waals surface area (Å²) in [5.74, 6) is -0.915. The van der Waals surface area contributed by atoms with Crippen molar-refractivity contribution >= 4 is 11.9 Å². The molecule has 0 aromatic rings. The number of carbonyl (C=O) groups is 2. The quantitative estimate of drug-likeness (QED) is 0.761. The zero-order chi connectivity index (χ0) is 13.1. The van der Waals surface area contributed by atoms with E-state index >= 15 is 0 Å². The molecule has 0 bridgehead atoms. The smallest absolute Gasteiger partial charge is 0.311 e. The van der Waals surface area contributed by atoms with E-state index in [1.54, 1.807) is 11.8 Å². The van der Waals surface area contributed by atoms with Crippen LogP contribution in [0.1, 0.15) is 32.6 Å². The van der Waals surface area contributed by atoms with E-state index in [0.717, 1.165) is 19.3 Å². The molecule has 17 heavy (non-hydrogen) atoms. The van der Waals surface area contributed by atoms with E-state index in [9.17, 15) is 14.7 Å². The first-order valence-corrected chi connectivity index (χ1v) is 6.04. The largest absolute Gasteiger partial charge is 0.481 e. The van der Waals surface area contributed by atoms with E-state index in [0.29, 0.717) is 13.0 Å². The van der Waals surface area contributed by atoms with Crippen LogP contribution in [0, 0.1) is 5.41 Å². The third kappa shape index (κ3) is 3.43. The second kappa shape index (κ2) is 5.49. The highest BCUT2D eigenvalue weighted by molar-refractivity contribution is 5.81. The number of nitrogens with zero attached hydrogens (tertiary/aromatic N) is 1. The van der Waals surface area contributed by atoms with Gasteiger partial charge in [-0.25, -0.2) is 0 Å². The standard InChI is InChI=1S/C12H22N2O3/c1-12(11(16)17)7-5-4-6-9(12)13-10(15)8-14(2)3/h9H,4-8H2,1-3H3,(H,13,15)(H,16,17). The van der Waals surface area contributed by atoms with E-state index in [-0.39, 0.29) is 11.9 Å². The van der Waals surface area contributed by atoms with Gasteiger partial charge < -0.3 is 15.3 Å². The molecular weight excluding hydrogens is 220 g/mol. The molecule has 2 unspecified atom stereocenters. The SMILES string of the molecule is CN(C)CC(=O)NC1CCCCC1(C)C(=O)O. The molecule has 0 heterocycles. The molecule has 1 saturated carbocycles. The van der Waals surface area contributed by atoms with Crippen molar-refractivity contribution in [2.45, 2.75) is 38.6 Å². The summed E-state index contributed by atoms with van der Waals surface area (Å²) in [5, 5.41) is 12.2. The van der Waals surface area contributed by atoms with E-state index < -0.39 is 11.4 Å². The lowest BCUT2D eigenvalue weighted by molar-refractivity contribution is -0.152. The molecule has 0 aromatic heterocycles. The van der Waals surface area contributed by atoms with Gasteiger partial charge in [0.05, 0.1) is 12.0 Å². The Morgan fingerprint density at radius 3 is 2.59 bits per heavy atom. The lowest BCUT2D eigenvalue weighted by Crippen LogP contribution is -2.53. The molecular formula is C12H22N2O3. The Morgan fingerprint density at radius 2 is 2.06 bits per heavy atom. The van der Waals surface area contributed by atoms with Gasteiger partial charge in [-0.2, -0.15) is 0 Å². The van der Waals surface area contributed by atoms with Crippen LogP contribution in [-0.4, -0.2) is 48.6 Å². The molecule has 0 saturated heterocycles. The Balaban J connectivity index is 2.66. The first kappa shape index (κ1) is 14.0. The highest BCUT2D eigenvalue weighted by Gasteiger charge is 2.43. The maximum absolute atomic E-state index is 11.7. The summed E-state index contributed by atoms with van der Waals surface area (Å²) in [7, 11) is 3.63. The van der Waals surface area contributed by atoms with Crippen molar-refractivity contribution in [3.05, 3.63) is 0 Å². The minimum absolute atomic E-state index is 0.102. The van der Waals surface area contributed by atoms with Gasteiger partial charge in [-0.15, -0.1) is 0 Å². The summed E-state index contributed by atoms with van der Waals surface area (Å²) in [4.78, 5) is 24.8. The van der Waals surface area contributed by atoms with Gasteiger partial charge in [0.25, 0.3) is 0 Å². The predicted molar refractivity (Wildman–Crippen MR) is 64.7 cm³/mol. The fourth-order valence-corrected chi connectivity index (χ4v) is 2.35. The normalized spacial score (nSPS) is 29.1. The molecule has 1 fully saturated rings. The minimum atomic E-state index is -0.819. The average molecular weight is 242 g/mol. The fraction of sp³-hybridized carbons (Fsp3) is 0.833. The van der Waals surface area contributed by atoms with Crippen molar-refractivity contribution in [1.82, 2.24) is 10.2 Å². The van der Waals surface area contributed by atoms with Crippen molar-refractivity contribution < 1.29 is 14.7 Å². The Labute approximate surface area is 102 Å². The number of nitrogens with one attached hydrogen (secondary N) is 1. The second-order valence-electron chi connectivity index (χ2n) is 5.33. The Bertz CT molecular complexity index is 304. The topological polar surface area (TPSA) is 69.6 Å². The van der Waals surface area contributed by atoms with Crippen LogP contribution in [0.25, 0.3) is 0 Å². The Kier molecular flexibility index (Phi) is 4.51. The molecule has 0 radical (unpaired) electrons. The monoisotopic (exact) mass is 242 g/mol. The number of amides is 1. The number of carboxylic acids is 1. The first-order valence-electron chi connectivity index (χ1n) is 6.04. The van der Waals surface area contributed by atoms with Gasteiger partial charge in [-0.3, -0.25) is 9.59 Å². The van der Waals surface area contributed by atoms with E-state index in [4.69, 9.17) is 0 Å². The van der Waals surface area contributed by atoms with Gasteiger partial charge in [0, 0.05) is 6.04 Å². The van der Waals surface area contributed by atoms with Crippen LogP contribution in [0.3, 0.4) is 0 Å². The Hall–Kier alpha value is -1.10. The third-order valence-corrected chi connectivity index (χ3v) is 3.49. The summed E-state index contributed by atoms with van der Waals surface area (Å²) in [5.41, 5.74) is -0.819. The van der Waals surface area contributed by atoms with Crippen LogP contribution in [0.15, 0.2) is 0 Å².